The fourth-order valence-corrected chi connectivity index (χ4v) is 6.70. The van der Waals surface area contributed by atoms with E-state index >= 15 is 0 Å². The van der Waals surface area contributed by atoms with Crippen molar-refractivity contribution in [2.24, 2.45) is 0 Å². The molecule has 31 heavy (non-hydrogen) atoms. The van der Waals surface area contributed by atoms with Gasteiger partial charge in [-0.1, -0.05) is 29.4 Å². The molecule has 1 aromatic carbocycles. The Kier molecular flexibility index (Phi) is 4.62. The van der Waals surface area contributed by atoms with E-state index < -0.39 is 26.3 Å². The third kappa shape index (κ3) is 3.21. The van der Waals surface area contributed by atoms with Gasteiger partial charge in [-0.3, -0.25) is 9.78 Å². The van der Waals surface area contributed by atoms with E-state index in [9.17, 15) is 17.6 Å². The molecule has 2 aliphatic heterocycles. The number of hydrogen-bond acceptors (Lipinski definition) is 7. The smallest absolute Gasteiger partial charge is 0.231 e. The molecule has 0 radical (unpaired) electrons. The first-order valence-corrected chi connectivity index (χ1v) is 11.5. The van der Waals surface area contributed by atoms with Crippen molar-refractivity contribution in [2.75, 3.05) is 18.8 Å². The molecule has 160 valence electrons. The van der Waals surface area contributed by atoms with E-state index in [1.807, 2.05) is 0 Å². The number of carbonyl (C=O) groups is 1. The van der Waals surface area contributed by atoms with Crippen molar-refractivity contribution in [3.05, 3.63) is 65.9 Å². The second-order valence-electron chi connectivity index (χ2n) is 7.91. The van der Waals surface area contributed by atoms with E-state index in [1.54, 1.807) is 42.6 Å². The van der Waals surface area contributed by atoms with Gasteiger partial charge in [0.15, 0.2) is 9.84 Å². The van der Waals surface area contributed by atoms with Gasteiger partial charge >= 0.3 is 0 Å². The van der Waals surface area contributed by atoms with Gasteiger partial charge in [0.1, 0.15) is 16.3 Å². The minimum Gasteiger partial charge on any atom is -0.339 e. The Morgan fingerprint density at radius 2 is 1.97 bits per heavy atom. The zero-order valence-corrected chi connectivity index (χ0v) is 17.3. The van der Waals surface area contributed by atoms with Gasteiger partial charge in [-0.25, -0.2) is 12.8 Å². The monoisotopic (exact) mass is 442 g/mol. The lowest BCUT2D eigenvalue weighted by Crippen LogP contribution is -2.67. The van der Waals surface area contributed by atoms with Crippen LogP contribution in [-0.2, 0) is 21.1 Å². The van der Waals surface area contributed by atoms with Crippen LogP contribution in [0.15, 0.2) is 53.2 Å². The highest BCUT2D eigenvalue weighted by Crippen LogP contribution is 2.49. The number of carbonyl (C=O) groups excluding carboxylic acids is 1. The highest BCUT2D eigenvalue weighted by Gasteiger charge is 2.64. The van der Waals surface area contributed by atoms with Gasteiger partial charge in [-0.15, -0.1) is 0 Å². The van der Waals surface area contributed by atoms with Crippen LogP contribution in [0.1, 0.15) is 23.8 Å². The van der Waals surface area contributed by atoms with Crippen LogP contribution in [0, 0.1) is 5.82 Å². The predicted octanol–water partition coefficient (Wildman–Crippen LogP) is 2.00. The molecule has 0 saturated carbocycles. The first-order chi connectivity index (χ1) is 14.9. The molecule has 0 bridgehead atoms. The highest BCUT2D eigenvalue weighted by atomic mass is 32.2. The fraction of sp³-hybridized carbons (Fsp3) is 0.333. The fourth-order valence-electron chi connectivity index (χ4n) is 4.39. The molecular formula is C21H19FN4O4S. The van der Waals surface area contributed by atoms with E-state index in [0.29, 0.717) is 17.9 Å². The summed E-state index contributed by atoms with van der Waals surface area (Å²) in [7, 11) is -3.46. The molecule has 2 aliphatic rings. The summed E-state index contributed by atoms with van der Waals surface area (Å²) in [5.41, 5.74) is 0.818. The second kappa shape index (κ2) is 7.23. The van der Waals surface area contributed by atoms with Crippen LogP contribution in [0.25, 0.3) is 11.5 Å². The largest absolute Gasteiger partial charge is 0.339 e. The van der Waals surface area contributed by atoms with Crippen molar-refractivity contribution in [1.82, 2.24) is 20.0 Å². The van der Waals surface area contributed by atoms with Crippen molar-refractivity contribution in [1.29, 1.82) is 0 Å². The minimum atomic E-state index is -3.46. The Morgan fingerprint density at radius 1 is 1.19 bits per heavy atom. The third-order valence-electron chi connectivity index (χ3n) is 6.13. The lowest BCUT2D eigenvalue weighted by Gasteiger charge is -2.49. The number of benzene rings is 1. The van der Waals surface area contributed by atoms with E-state index in [2.05, 4.69) is 15.1 Å². The van der Waals surface area contributed by atoms with Gasteiger partial charge in [0.2, 0.25) is 17.6 Å². The van der Waals surface area contributed by atoms with Crippen molar-refractivity contribution in [3.8, 4) is 11.5 Å². The molecule has 8 nitrogen and oxygen atoms in total. The molecule has 2 fully saturated rings. The standard InChI is InChI=1S/C21H19FN4O4S/c22-16-6-2-1-5-14(16)11-18(27)26-12-21(13-26)15(8-10-31(21,28)29)20-24-19(25-30-20)17-7-3-4-9-23-17/h1-7,9,15H,8,10-13H2. The van der Waals surface area contributed by atoms with Gasteiger partial charge < -0.3 is 9.42 Å². The maximum Gasteiger partial charge on any atom is 0.231 e. The third-order valence-corrected chi connectivity index (χ3v) is 8.69. The van der Waals surface area contributed by atoms with Gasteiger partial charge in [-0.2, -0.15) is 4.98 Å². The molecular weight excluding hydrogens is 423 g/mol. The number of aromatic nitrogens is 3. The quantitative estimate of drug-likeness (QED) is 0.608. The number of sulfone groups is 1. The summed E-state index contributed by atoms with van der Waals surface area (Å²) in [6, 6.07) is 11.4. The van der Waals surface area contributed by atoms with E-state index in [1.165, 1.54) is 11.0 Å². The van der Waals surface area contributed by atoms with Crippen molar-refractivity contribution < 1.29 is 22.1 Å². The van der Waals surface area contributed by atoms with Crippen LogP contribution in [0.3, 0.4) is 0 Å². The molecule has 4 heterocycles. The average molecular weight is 442 g/mol. The Bertz CT molecular complexity index is 1240. The molecule has 2 saturated heterocycles. The highest BCUT2D eigenvalue weighted by molar-refractivity contribution is 7.93. The number of rotatable bonds is 4. The molecule has 1 unspecified atom stereocenters. The van der Waals surface area contributed by atoms with E-state index in [4.69, 9.17) is 4.52 Å². The van der Waals surface area contributed by atoms with Crippen LogP contribution in [0.2, 0.25) is 0 Å². The number of halogens is 1. The molecule has 1 spiro atoms. The maximum absolute atomic E-state index is 13.9. The summed E-state index contributed by atoms with van der Waals surface area (Å²) < 4.78 is 44.0. The van der Waals surface area contributed by atoms with Gasteiger partial charge in [0, 0.05) is 19.3 Å². The first-order valence-electron chi connectivity index (χ1n) is 9.88. The maximum atomic E-state index is 13.9. The Balaban J connectivity index is 1.36. The summed E-state index contributed by atoms with van der Waals surface area (Å²) in [5.74, 6) is -0.736. The van der Waals surface area contributed by atoms with Crippen LogP contribution < -0.4 is 0 Å². The predicted molar refractivity (Wildman–Crippen MR) is 108 cm³/mol. The normalized spacial score (nSPS) is 21.2. The Hall–Kier alpha value is -3.14. The van der Waals surface area contributed by atoms with Crippen molar-refractivity contribution >= 4 is 15.7 Å². The zero-order valence-electron chi connectivity index (χ0n) is 16.4. The van der Waals surface area contributed by atoms with Gasteiger partial charge in [-0.05, 0) is 30.2 Å². The van der Waals surface area contributed by atoms with Crippen LogP contribution in [0.5, 0.6) is 0 Å². The molecule has 0 N–H and O–H groups in total. The number of pyridine rings is 1. The SMILES string of the molecule is O=C(Cc1ccccc1F)N1CC2(C1)C(c1nc(-c3ccccn3)no1)CCS2(=O)=O. The average Bonchev–Trinajstić information content (AvgIpc) is 3.31. The van der Waals surface area contributed by atoms with Crippen LogP contribution in [-0.4, -0.2) is 57.9 Å². The summed E-state index contributed by atoms with van der Waals surface area (Å²) in [6.07, 6.45) is 1.84. The Morgan fingerprint density at radius 3 is 2.71 bits per heavy atom. The first kappa shape index (κ1) is 19.8. The molecule has 0 aliphatic carbocycles. The summed E-state index contributed by atoms with van der Waals surface area (Å²) in [5, 5.41) is 3.96. The summed E-state index contributed by atoms with van der Waals surface area (Å²) in [6.45, 7) is 0.0726. The number of nitrogens with zero attached hydrogens (tertiary/aromatic N) is 4. The number of hydrogen-bond donors (Lipinski definition) is 0. The van der Waals surface area contributed by atoms with Crippen molar-refractivity contribution in [2.45, 2.75) is 23.5 Å². The molecule has 1 atom stereocenters. The minimum absolute atomic E-state index is 0.00564. The second-order valence-corrected chi connectivity index (χ2v) is 10.4. The number of amides is 1. The van der Waals surface area contributed by atoms with Gasteiger partial charge in [0.25, 0.3) is 0 Å². The summed E-state index contributed by atoms with van der Waals surface area (Å²) >= 11 is 0. The van der Waals surface area contributed by atoms with Crippen LogP contribution >= 0.6 is 0 Å². The van der Waals surface area contributed by atoms with Crippen LogP contribution in [0.4, 0.5) is 4.39 Å². The molecule has 5 rings (SSSR count). The zero-order chi connectivity index (χ0) is 21.6. The topological polar surface area (TPSA) is 106 Å². The molecule has 2 aromatic heterocycles. The molecule has 1 amide bonds. The Labute approximate surface area is 178 Å². The van der Waals surface area contributed by atoms with E-state index in [-0.39, 0.29) is 42.6 Å². The lowest BCUT2D eigenvalue weighted by atomic mass is 9.82. The van der Waals surface area contributed by atoms with Gasteiger partial charge in [0.05, 0.1) is 18.1 Å². The van der Waals surface area contributed by atoms with Crippen molar-refractivity contribution in [3.63, 3.8) is 0 Å². The lowest BCUT2D eigenvalue weighted by molar-refractivity contribution is -0.136. The van der Waals surface area contributed by atoms with E-state index in [0.717, 1.165) is 0 Å². The number of likely N-dealkylation sites (tertiary alicyclic amines) is 1. The molecule has 10 heteroatoms. The molecule has 3 aromatic rings. The summed E-state index contributed by atoms with van der Waals surface area (Å²) in [4.78, 5) is 22.7.